The van der Waals surface area contributed by atoms with Crippen molar-refractivity contribution in [3.05, 3.63) is 99.8 Å². The summed E-state index contributed by atoms with van der Waals surface area (Å²) in [6, 6.07) is 21.4. The number of ketones is 1. The first-order valence-electron chi connectivity index (χ1n) is 11.7. The molecular weight excluding hydrogens is 458 g/mol. The minimum Gasteiger partial charge on any atom is -0.490 e. The van der Waals surface area contributed by atoms with Gasteiger partial charge in [-0.2, -0.15) is 0 Å². The molecule has 0 atom stereocenters. The van der Waals surface area contributed by atoms with E-state index in [-0.39, 0.29) is 23.8 Å². The molecule has 5 rings (SSSR count). The van der Waals surface area contributed by atoms with Gasteiger partial charge in [0.25, 0.3) is 5.56 Å². The third kappa shape index (κ3) is 4.29. The normalized spacial score (nSPS) is 11.7. The minimum absolute atomic E-state index is 0.0532. The number of ether oxygens (including phenoxy) is 2. The standard InChI is InChI=1S/C28H25N3O5/c1-3-35-24-11-7-8-20-16-23-27(34)31(22-9-5-4-6-10-22)30(28(23)36-26(20)24)17-25(33)29-21-14-12-19(13-15-21)18(2)32/h4-15H,3,16-17H2,1-2H3,(H,29,33). The maximum Gasteiger partial charge on any atom is 0.278 e. The smallest absolute Gasteiger partial charge is 0.278 e. The van der Waals surface area contributed by atoms with E-state index in [1.165, 1.54) is 11.6 Å². The number of hydrogen-bond donors (Lipinski definition) is 1. The van der Waals surface area contributed by atoms with Crippen LogP contribution in [-0.2, 0) is 17.8 Å². The molecule has 0 saturated heterocycles. The molecule has 0 fully saturated rings. The van der Waals surface area contributed by atoms with Crippen LogP contribution < -0.4 is 20.3 Å². The summed E-state index contributed by atoms with van der Waals surface area (Å²) < 4.78 is 15.0. The second kappa shape index (κ2) is 9.58. The van der Waals surface area contributed by atoms with E-state index < -0.39 is 0 Å². The Morgan fingerprint density at radius 2 is 1.75 bits per heavy atom. The summed E-state index contributed by atoms with van der Waals surface area (Å²) in [5, 5.41) is 2.84. The predicted molar refractivity (Wildman–Crippen MR) is 136 cm³/mol. The van der Waals surface area contributed by atoms with Crippen LogP contribution in [0, 0.1) is 0 Å². The van der Waals surface area contributed by atoms with E-state index in [2.05, 4.69) is 5.32 Å². The fraction of sp³-hybridized carbons (Fsp3) is 0.179. The molecule has 8 nitrogen and oxygen atoms in total. The van der Waals surface area contributed by atoms with Crippen LogP contribution in [0.5, 0.6) is 17.4 Å². The second-order valence-electron chi connectivity index (χ2n) is 8.43. The van der Waals surface area contributed by atoms with Gasteiger partial charge in [0.15, 0.2) is 17.3 Å². The van der Waals surface area contributed by atoms with E-state index in [0.717, 1.165) is 5.56 Å². The van der Waals surface area contributed by atoms with E-state index in [9.17, 15) is 14.4 Å². The zero-order chi connectivity index (χ0) is 25.2. The largest absolute Gasteiger partial charge is 0.490 e. The Hall–Kier alpha value is -4.59. The number of Topliss-reactive ketones (excluding diaryl/α,β-unsaturated/α-hetero) is 1. The molecule has 36 heavy (non-hydrogen) atoms. The Morgan fingerprint density at radius 3 is 2.44 bits per heavy atom. The van der Waals surface area contributed by atoms with Gasteiger partial charge in [-0.15, -0.1) is 0 Å². The number of nitrogens with zero attached hydrogens (tertiary/aromatic N) is 2. The van der Waals surface area contributed by atoms with Crippen molar-refractivity contribution in [3.8, 4) is 23.1 Å². The lowest BCUT2D eigenvalue weighted by Gasteiger charge is -2.21. The first-order chi connectivity index (χ1) is 17.5. The van der Waals surface area contributed by atoms with E-state index >= 15 is 0 Å². The quantitative estimate of drug-likeness (QED) is 0.342. The molecule has 4 aromatic rings. The molecule has 1 aromatic heterocycles. The Bertz CT molecular complexity index is 1500. The van der Waals surface area contributed by atoms with Crippen LogP contribution in [0.4, 0.5) is 5.69 Å². The summed E-state index contributed by atoms with van der Waals surface area (Å²) in [5.41, 5.74) is 2.79. The first-order valence-corrected chi connectivity index (χ1v) is 11.7. The molecule has 1 aliphatic rings. The van der Waals surface area contributed by atoms with Crippen LogP contribution in [0.25, 0.3) is 5.69 Å². The van der Waals surface area contributed by atoms with Gasteiger partial charge >= 0.3 is 0 Å². The van der Waals surface area contributed by atoms with Crippen molar-refractivity contribution in [2.45, 2.75) is 26.8 Å². The summed E-state index contributed by atoms with van der Waals surface area (Å²) in [6.45, 7) is 3.68. The van der Waals surface area contributed by atoms with Gasteiger partial charge in [-0.25, -0.2) is 9.36 Å². The highest BCUT2D eigenvalue weighted by atomic mass is 16.5. The highest BCUT2D eigenvalue weighted by Gasteiger charge is 2.30. The van der Waals surface area contributed by atoms with Gasteiger partial charge in [-0.05, 0) is 56.3 Å². The Kier molecular flexibility index (Phi) is 6.16. The fourth-order valence-electron chi connectivity index (χ4n) is 4.31. The molecule has 1 amide bonds. The molecule has 1 aliphatic heterocycles. The van der Waals surface area contributed by atoms with E-state index in [0.29, 0.717) is 52.9 Å². The van der Waals surface area contributed by atoms with Crippen LogP contribution in [0.2, 0.25) is 0 Å². The van der Waals surface area contributed by atoms with Crippen molar-refractivity contribution < 1.29 is 19.1 Å². The molecule has 182 valence electrons. The number of amides is 1. The van der Waals surface area contributed by atoms with Crippen LogP contribution in [-0.4, -0.2) is 27.7 Å². The van der Waals surface area contributed by atoms with E-state index in [1.807, 2.05) is 43.3 Å². The topological polar surface area (TPSA) is 91.6 Å². The van der Waals surface area contributed by atoms with Crippen molar-refractivity contribution in [1.29, 1.82) is 0 Å². The number of anilines is 1. The lowest BCUT2D eigenvalue weighted by molar-refractivity contribution is -0.117. The summed E-state index contributed by atoms with van der Waals surface area (Å²) in [7, 11) is 0. The number of hydrogen-bond acceptors (Lipinski definition) is 5. The lowest BCUT2D eigenvalue weighted by atomic mass is 10.0. The van der Waals surface area contributed by atoms with Crippen molar-refractivity contribution >= 4 is 17.4 Å². The SMILES string of the molecule is CCOc1cccc2c1Oc1c(c(=O)n(-c3ccccc3)n1CC(=O)Nc1ccc(C(C)=O)cc1)C2. The number of nitrogens with one attached hydrogen (secondary N) is 1. The highest BCUT2D eigenvalue weighted by Crippen LogP contribution is 2.42. The summed E-state index contributed by atoms with van der Waals surface area (Å²) in [6.07, 6.45) is 0.359. The number of rotatable bonds is 7. The molecule has 2 heterocycles. The van der Waals surface area contributed by atoms with Crippen molar-refractivity contribution in [2.75, 3.05) is 11.9 Å². The number of aromatic nitrogens is 2. The molecule has 1 N–H and O–H groups in total. The minimum atomic E-state index is -0.347. The van der Waals surface area contributed by atoms with E-state index in [4.69, 9.17) is 9.47 Å². The van der Waals surface area contributed by atoms with Gasteiger partial charge in [-0.3, -0.25) is 14.4 Å². The Morgan fingerprint density at radius 1 is 1.00 bits per heavy atom. The average Bonchev–Trinajstić information content (AvgIpc) is 3.14. The van der Waals surface area contributed by atoms with Crippen LogP contribution >= 0.6 is 0 Å². The first kappa shape index (κ1) is 23.2. The second-order valence-corrected chi connectivity index (χ2v) is 8.43. The zero-order valence-electron chi connectivity index (χ0n) is 20.0. The lowest BCUT2D eigenvalue weighted by Crippen LogP contribution is -2.27. The highest BCUT2D eigenvalue weighted by molar-refractivity contribution is 5.95. The number of carbonyl (C=O) groups excluding carboxylic acids is 2. The summed E-state index contributed by atoms with van der Waals surface area (Å²) >= 11 is 0. The maximum atomic E-state index is 13.6. The molecular formula is C28H25N3O5. The monoisotopic (exact) mass is 483 g/mol. The van der Waals surface area contributed by atoms with Gasteiger partial charge in [0.05, 0.1) is 17.9 Å². The molecule has 0 bridgehead atoms. The molecule has 8 heteroatoms. The van der Waals surface area contributed by atoms with Gasteiger partial charge in [0, 0.05) is 23.2 Å². The zero-order valence-corrected chi connectivity index (χ0v) is 20.0. The Balaban J connectivity index is 1.54. The number of para-hydroxylation sites is 2. The Labute approximate surface area is 207 Å². The molecule has 0 spiro atoms. The summed E-state index contributed by atoms with van der Waals surface area (Å²) in [4.78, 5) is 38.2. The number of carbonyl (C=O) groups is 2. The van der Waals surface area contributed by atoms with Crippen LogP contribution in [0.1, 0.15) is 35.3 Å². The third-order valence-corrected chi connectivity index (χ3v) is 5.98. The van der Waals surface area contributed by atoms with Gasteiger partial charge in [0.2, 0.25) is 11.8 Å². The number of benzene rings is 3. The van der Waals surface area contributed by atoms with Crippen LogP contribution in [0.15, 0.2) is 77.6 Å². The van der Waals surface area contributed by atoms with Gasteiger partial charge < -0.3 is 14.8 Å². The van der Waals surface area contributed by atoms with Crippen molar-refractivity contribution in [3.63, 3.8) is 0 Å². The third-order valence-electron chi connectivity index (χ3n) is 5.98. The van der Waals surface area contributed by atoms with E-state index in [1.54, 1.807) is 41.1 Å². The maximum absolute atomic E-state index is 13.6. The molecule has 0 unspecified atom stereocenters. The van der Waals surface area contributed by atoms with Gasteiger partial charge in [0.1, 0.15) is 6.54 Å². The molecule has 0 saturated carbocycles. The fourth-order valence-corrected chi connectivity index (χ4v) is 4.31. The molecule has 0 radical (unpaired) electrons. The predicted octanol–water partition coefficient (Wildman–Crippen LogP) is 4.58. The number of fused-ring (bicyclic) bond motifs is 2. The average molecular weight is 484 g/mol. The molecule has 3 aromatic carbocycles. The van der Waals surface area contributed by atoms with Crippen molar-refractivity contribution in [1.82, 2.24) is 9.36 Å². The summed E-state index contributed by atoms with van der Waals surface area (Å²) in [5.74, 6) is 1.04. The van der Waals surface area contributed by atoms with Crippen molar-refractivity contribution in [2.24, 2.45) is 0 Å². The van der Waals surface area contributed by atoms with Gasteiger partial charge in [-0.1, -0.05) is 30.3 Å². The van der Waals surface area contributed by atoms with Crippen LogP contribution in [0.3, 0.4) is 0 Å². The molecule has 0 aliphatic carbocycles.